The van der Waals surface area contributed by atoms with Crippen molar-refractivity contribution in [3.8, 4) is 0 Å². The lowest BCUT2D eigenvalue weighted by atomic mass is 10.0. The summed E-state index contributed by atoms with van der Waals surface area (Å²) < 4.78 is 16.9. The average Bonchev–Trinajstić information content (AvgIpc) is 3.31. The molecule has 0 amide bonds. The lowest BCUT2D eigenvalue weighted by molar-refractivity contribution is -0.167. The van der Waals surface area contributed by atoms with Gasteiger partial charge in [-0.15, -0.1) is 0 Å². The largest absolute Gasteiger partial charge is 0.462 e. The monoisotopic (exact) mass is 931 g/mol. The van der Waals surface area contributed by atoms with Crippen LogP contribution in [0.15, 0.2) is 12.2 Å². The minimum atomic E-state index is -0.764. The maximum absolute atomic E-state index is 12.8. The molecule has 6 heteroatoms. The predicted molar refractivity (Wildman–Crippen MR) is 284 cm³/mol. The number of carbonyl (C=O) groups is 3. The Morgan fingerprint density at radius 1 is 0.288 bits per heavy atom. The van der Waals surface area contributed by atoms with Crippen molar-refractivity contribution >= 4 is 17.9 Å². The van der Waals surface area contributed by atoms with E-state index >= 15 is 0 Å². The normalized spacial score (nSPS) is 12.0. The van der Waals surface area contributed by atoms with Crippen molar-refractivity contribution in [1.29, 1.82) is 0 Å². The molecule has 0 saturated carbocycles. The average molecular weight is 932 g/mol. The highest BCUT2D eigenvalue weighted by molar-refractivity contribution is 5.71. The van der Waals surface area contributed by atoms with E-state index in [0.29, 0.717) is 19.3 Å². The molecule has 0 aromatic heterocycles. The molecular weight excluding hydrogens is 817 g/mol. The molecule has 0 aromatic carbocycles. The zero-order valence-corrected chi connectivity index (χ0v) is 44.7. The number of rotatable bonds is 55. The molecule has 0 aliphatic rings. The third kappa shape index (κ3) is 53.1. The molecule has 0 heterocycles. The Balaban J connectivity index is 4.24. The molecule has 390 valence electrons. The first-order chi connectivity index (χ1) is 32.5. The fourth-order valence-corrected chi connectivity index (χ4v) is 9.03. The highest BCUT2D eigenvalue weighted by Crippen LogP contribution is 2.17. The molecule has 0 unspecified atom stereocenters. The molecule has 0 aliphatic carbocycles. The van der Waals surface area contributed by atoms with E-state index in [-0.39, 0.29) is 31.1 Å². The van der Waals surface area contributed by atoms with Crippen LogP contribution in [0.2, 0.25) is 0 Å². The van der Waals surface area contributed by atoms with Crippen molar-refractivity contribution in [2.45, 2.75) is 341 Å². The Morgan fingerprint density at radius 2 is 0.500 bits per heavy atom. The van der Waals surface area contributed by atoms with Crippen LogP contribution in [0, 0.1) is 0 Å². The van der Waals surface area contributed by atoms with E-state index in [1.165, 1.54) is 238 Å². The summed E-state index contributed by atoms with van der Waals surface area (Å²) in [4.78, 5) is 38.1. The van der Waals surface area contributed by atoms with Crippen LogP contribution in [-0.2, 0) is 28.6 Å². The number of ether oxygens (including phenoxy) is 3. The molecule has 0 saturated heterocycles. The van der Waals surface area contributed by atoms with E-state index in [2.05, 4.69) is 32.9 Å². The van der Waals surface area contributed by atoms with Crippen molar-refractivity contribution in [3.63, 3.8) is 0 Å². The Morgan fingerprint density at radius 3 is 0.758 bits per heavy atom. The van der Waals surface area contributed by atoms with Crippen LogP contribution in [0.3, 0.4) is 0 Å². The predicted octanol–water partition coefficient (Wildman–Crippen LogP) is 19.7. The van der Waals surface area contributed by atoms with Crippen molar-refractivity contribution in [1.82, 2.24) is 0 Å². The molecule has 6 nitrogen and oxygen atoms in total. The van der Waals surface area contributed by atoms with Gasteiger partial charge in [0.25, 0.3) is 0 Å². The summed E-state index contributed by atoms with van der Waals surface area (Å²) in [6, 6.07) is 0. The lowest BCUT2D eigenvalue weighted by Gasteiger charge is -2.18. The molecule has 66 heavy (non-hydrogen) atoms. The molecule has 0 spiro atoms. The maximum Gasteiger partial charge on any atom is 0.306 e. The third-order valence-electron chi connectivity index (χ3n) is 13.5. The number of carbonyl (C=O) groups excluding carboxylic acids is 3. The van der Waals surface area contributed by atoms with Crippen LogP contribution in [-0.4, -0.2) is 37.2 Å². The van der Waals surface area contributed by atoms with Crippen LogP contribution in [0.5, 0.6) is 0 Å². The highest BCUT2D eigenvalue weighted by atomic mass is 16.6. The number of hydrogen-bond acceptors (Lipinski definition) is 6. The second-order valence-electron chi connectivity index (χ2n) is 20.3. The number of hydrogen-bond donors (Lipinski definition) is 0. The Labute approximate surface area is 411 Å². The van der Waals surface area contributed by atoms with Gasteiger partial charge in [-0.2, -0.15) is 0 Å². The summed E-state index contributed by atoms with van der Waals surface area (Å²) >= 11 is 0. The van der Waals surface area contributed by atoms with E-state index < -0.39 is 6.10 Å². The fraction of sp³-hybridized carbons (Fsp3) is 0.917. The summed E-state index contributed by atoms with van der Waals surface area (Å²) in [7, 11) is 0. The highest BCUT2D eigenvalue weighted by Gasteiger charge is 2.19. The smallest absolute Gasteiger partial charge is 0.306 e. The maximum atomic E-state index is 12.8. The molecule has 0 aromatic rings. The van der Waals surface area contributed by atoms with E-state index in [4.69, 9.17) is 14.2 Å². The van der Waals surface area contributed by atoms with Gasteiger partial charge in [0.05, 0.1) is 0 Å². The van der Waals surface area contributed by atoms with E-state index in [1.807, 2.05) is 0 Å². The number of esters is 3. The number of allylic oxidation sites excluding steroid dienone is 2. The van der Waals surface area contributed by atoms with Crippen molar-refractivity contribution in [2.75, 3.05) is 13.2 Å². The van der Waals surface area contributed by atoms with Crippen molar-refractivity contribution in [3.05, 3.63) is 12.2 Å². The summed E-state index contributed by atoms with van der Waals surface area (Å²) in [6.45, 7) is 6.69. The van der Waals surface area contributed by atoms with Gasteiger partial charge in [0, 0.05) is 19.3 Å². The molecule has 0 radical (unpaired) electrons. The summed E-state index contributed by atoms with van der Waals surface area (Å²) in [5, 5.41) is 0. The van der Waals surface area contributed by atoms with E-state index in [0.717, 1.165) is 57.8 Å². The number of unbranched alkanes of at least 4 members (excludes halogenated alkanes) is 42. The quantitative estimate of drug-likeness (QED) is 0.0262. The minimum absolute atomic E-state index is 0.0638. The summed E-state index contributed by atoms with van der Waals surface area (Å²) in [5.74, 6) is -0.840. The molecule has 0 rings (SSSR count). The molecule has 0 N–H and O–H groups in total. The first kappa shape index (κ1) is 64.2. The van der Waals surface area contributed by atoms with Crippen molar-refractivity contribution in [2.24, 2.45) is 0 Å². The Kier molecular flexibility index (Phi) is 54.2. The van der Waals surface area contributed by atoms with E-state index in [9.17, 15) is 14.4 Å². The van der Waals surface area contributed by atoms with Crippen LogP contribution in [0.1, 0.15) is 335 Å². The van der Waals surface area contributed by atoms with Crippen LogP contribution >= 0.6 is 0 Å². The van der Waals surface area contributed by atoms with Crippen LogP contribution in [0.25, 0.3) is 0 Å². The fourth-order valence-electron chi connectivity index (χ4n) is 9.03. The zero-order valence-electron chi connectivity index (χ0n) is 44.7. The summed E-state index contributed by atoms with van der Waals surface area (Å²) in [6.07, 6.45) is 63.5. The van der Waals surface area contributed by atoms with Crippen LogP contribution < -0.4 is 0 Å². The molecular formula is C60H114O6. The second-order valence-corrected chi connectivity index (χ2v) is 20.3. The Hall–Kier alpha value is -1.85. The second kappa shape index (κ2) is 55.7. The summed E-state index contributed by atoms with van der Waals surface area (Å²) in [5.41, 5.74) is 0. The SMILES string of the molecule is CCCCCCCC/C=C\CCCCCCCCCCCCCC(=O)OC[C@H](COC(=O)CCCCCCCCCCCCCCCCC)OC(=O)CCCCCCCCCCCCCC. The van der Waals surface area contributed by atoms with Gasteiger partial charge in [-0.25, -0.2) is 0 Å². The third-order valence-corrected chi connectivity index (χ3v) is 13.5. The van der Waals surface area contributed by atoms with Gasteiger partial charge in [-0.1, -0.05) is 283 Å². The van der Waals surface area contributed by atoms with Gasteiger partial charge in [0.15, 0.2) is 6.10 Å². The Bertz CT molecular complexity index is 1020. The van der Waals surface area contributed by atoms with Gasteiger partial charge in [0.1, 0.15) is 13.2 Å². The first-order valence-corrected chi connectivity index (χ1v) is 29.7. The van der Waals surface area contributed by atoms with Gasteiger partial charge in [-0.05, 0) is 44.9 Å². The standard InChI is InChI=1S/C60H114O6/c1-4-7-10-13-16-19-22-25-27-28-29-30-31-32-34-36-39-41-44-47-50-53-59(62)65-56-57(66-60(63)54-51-48-45-42-37-24-21-18-15-12-9-6-3)55-64-58(61)52-49-46-43-40-38-35-33-26-23-20-17-14-11-8-5-2/h25,27,57H,4-24,26,28-56H2,1-3H3/b27-25-/t57-/m0/s1. The molecule has 1 atom stereocenters. The first-order valence-electron chi connectivity index (χ1n) is 29.7. The molecule has 0 aliphatic heterocycles. The van der Waals surface area contributed by atoms with Gasteiger partial charge < -0.3 is 14.2 Å². The zero-order chi connectivity index (χ0) is 47.9. The van der Waals surface area contributed by atoms with Crippen LogP contribution in [0.4, 0.5) is 0 Å². The lowest BCUT2D eigenvalue weighted by Crippen LogP contribution is -2.30. The van der Waals surface area contributed by atoms with Gasteiger partial charge in [0.2, 0.25) is 0 Å². The van der Waals surface area contributed by atoms with Gasteiger partial charge in [-0.3, -0.25) is 14.4 Å². The molecule has 0 bridgehead atoms. The van der Waals surface area contributed by atoms with E-state index in [1.54, 1.807) is 0 Å². The minimum Gasteiger partial charge on any atom is -0.462 e. The van der Waals surface area contributed by atoms with Gasteiger partial charge >= 0.3 is 17.9 Å². The molecule has 0 fully saturated rings. The topological polar surface area (TPSA) is 78.9 Å². The van der Waals surface area contributed by atoms with Crippen molar-refractivity contribution < 1.29 is 28.6 Å².